The number of nitrogens with two attached hydrogens (primary N) is 2. The lowest BCUT2D eigenvalue weighted by Crippen LogP contribution is -2.50. The van der Waals surface area contributed by atoms with Crippen LogP contribution in [0.3, 0.4) is 0 Å². The fourth-order valence-corrected chi connectivity index (χ4v) is 3.79. The zero-order valence-corrected chi connectivity index (χ0v) is 18.6. The first-order valence-electron chi connectivity index (χ1n) is 11.3. The number of hydrogen-bond donors (Lipinski definition) is 5. The summed E-state index contributed by atoms with van der Waals surface area (Å²) in [7, 11) is 1.48. The minimum absolute atomic E-state index is 0.0705. The molecule has 0 saturated heterocycles. The van der Waals surface area contributed by atoms with Gasteiger partial charge >= 0.3 is 5.97 Å². The Labute approximate surface area is 180 Å². The van der Waals surface area contributed by atoms with Crippen molar-refractivity contribution in [3.05, 3.63) is 0 Å². The van der Waals surface area contributed by atoms with Crippen molar-refractivity contribution < 1.29 is 19.5 Å². The van der Waals surface area contributed by atoms with Gasteiger partial charge in [-0.3, -0.25) is 19.8 Å². The van der Waals surface area contributed by atoms with Crippen LogP contribution in [-0.4, -0.2) is 60.1 Å². The molecule has 30 heavy (non-hydrogen) atoms. The van der Waals surface area contributed by atoms with E-state index in [0.29, 0.717) is 18.9 Å². The summed E-state index contributed by atoms with van der Waals surface area (Å²) >= 11 is 0. The summed E-state index contributed by atoms with van der Waals surface area (Å²) in [6, 6.07) is -0.930. The fraction of sp³-hybridized carbons (Fsp3) is 0.857. The molecule has 9 heteroatoms. The van der Waals surface area contributed by atoms with Crippen molar-refractivity contribution in [1.29, 1.82) is 0 Å². The van der Waals surface area contributed by atoms with Crippen LogP contribution < -0.4 is 22.2 Å². The number of carboxylic acid groups (broad SMARTS) is 1. The summed E-state index contributed by atoms with van der Waals surface area (Å²) in [5.74, 6) is -1.17. The molecule has 1 aliphatic carbocycles. The van der Waals surface area contributed by atoms with Gasteiger partial charge in [-0.2, -0.15) is 0 Å². The van der Waals surface area contributed by atoms with E-state index in [1.54, 1.807) is 0 Å². The first-order valence-corrected chi connectivity index (χ1v) is 11.3. The minimum atomic E-state index is -1.04. The molecule has 1 saturated carbocycles. The molecule has 174 valence electrons. The van der Waals surface area contributed by atoms with E-state index >= 15 is 0 Å². The van der Waals surface area contributed by atoms with Gasteiger partial charge in [0, 0.05) is 19.5 Å². The molecule has 9 nitrogen and oxygen atoms in total. The molecular weight excluding hydrogens is 386 g/mol. The molecule has 4 atom stereocenters. The van der Waals surface area contributed by atoms with E-state index in [1.807, 2.05) is 0 Å². The van der Waals surface area contributed by atoms with Gasteiger partial charge in [-0.15, -0.1) is 0 Å². The third-order valence-corrected chi connectivity index (χ3v) is 5.67. The van der Waals surface area contributed by atoms with Crippen molar-refractivity contribution in [2.24, 2.45) is 23.3 Å². The Hall–Kier alpha value is -1.71. The number of carboxylic acids is 1. The second kappa shape index (κ2) is 14.3. The number of rotatable bonds is 17. The number of nitrogens with one attached hydrogen (secondary N) is 2. The van der Waals surface area contributed by atoms with Crippen LogP contribution in [0.25, 0.3) is 0 Å². The van der Waals surface area contributed by atoms with Crippen LogP contribution in [0.5, 0.6) is 0 Å². The SMILES string of the molecule is CCCCCCCCC[C@@H](N)C(=O)N[C@H](CC(=O)NN(C)CC(=O)O)[C@H]1C[C@H]1CN. The number of nitrogens with zero attached hydrogens (tertiary/aromatic N) is 1. The molecule has 1 aliphatic rings. The summed E-state index contributed by atoms with van der Waals surface area (Å²) in [6.45, 7) is 2.41. The topological polar surface area (TPSA) is 151 Å². The van der Waals surface area contributed by atoms with Crippen LogP contribution in [-0.2, 0) is 14.4 Å². The number of aliphatic carboxylic acids is 1. The Morgan fingerprint density at radius 2 is 1.77 bits per heavy atom. The molecule has 0 bridgehead atoms. The maximum atomic E-state index is 12.5. The van der Waals surface area contributed by atoms with Crippen molar-refractivity contribution in [3.63, 3.8) is 0 Å². The normalized spacial score (nSPS) is 19.9. The van der Waals surface area contributed by atoms with Crippen LogP contribution in [0.4, 0.5) is 0 Å². The third kappa shape index (κ3) is 10.9. The molecule has 0 aromatic heterocycles. The molecule has 1 fully saturated rings. The first kappa shape index (κ1) is 26.3. The lowest BCUT2D eigenvalue weighted by atomic mass is 10.0. The summed E-state index contributed by atoms with van der Waals surface area (Å²) in [6.07, 6.45) is 9.72. The average molecular weight is 428 g/mol. The van der Waals surface area contributed by atoms with Gasteiger partial charge < -0.3 is 21.9 Å². The maximum Gasteiger partial charge on any atom is 0.319 e. The number of carbonyl (C=O) groups is 3. The van der Waals surface area contributed by atoms with Gasteiger partial charge in [0.25, 0.3) is 0 Å². The Kier molecular flexibility index (Phi) is 12.6. The molecule has 7 N–H and O–H groups in total. The quantitative estimate of drug-likeness (QED) is 0.171. The number of amides is 2. The first-order chi connectivity index (χ1) is 14.3. The number of likely N-dealkylation sites (N-methyl/N-ethyl adjacent to an activating group) is 1. The van der Waals surface area contributed by atoms with Crippen LogP contribution in [0, 0.1) is 11.8 Å². The molecule has 1 rings (SSSR count). The summed E-state index contributed by atoms with van der Waals surface area (Å²) < 4.78 is 0. The highest BCUT2D eigenvalue weighted by Gasteiger charge is 2.43. The predicted octanol–water partition coefficient (Wildman–Crippen LogP) is 0.972. The maximum absolute atomic E-state index is 12.5. The Balaban J connectivity index is 2.42. The Morgan fingerprint density at radius 1 is 1.13 bits per heavy atom. The summed E-state index contributed by atoms with van der Waals surface area (Å²) in [5, 5.41) is 12.9. The monoisotopic (exact) mass is 427 g/mol. The molecule has 0 spiro atoms. The standard InChI is InChI=1S/C21H41N5O4/c1-3-4-5-6-7-8-9-10-17(23)21(30)24-18(16-11-15(16)13-22)12-19(27)25-26(2)14-20(28)29/h15-18H,3-14,22-23H2,1-2H3,(H,24,30)(H,25,27)(H,28,29)/t15-,16-,17+,18+/m0/s1. The Bertz CT molecular complexity index is 545. The van der Waals surface area contributed by atoms with E-state index in [4.69, 9.17) is 16.6 Å². The molecule has 0 aromatic carbocycles. The molecular formula is C21H41N5O4. The second-order valence-corrected chi connectivity index (χ2v) is 8.52. The number of hydrazine groups is 1. The highest BCUT2D eigenvalue weighted by atomic mass is 16.4. The second-order valence-electron chi connectivity index (χ2n) is 8.52. The zero-order valence-electron chi connectivity index (χ0n) is 18.6. The Morgan fingerprint density at radius 3 is 2.33 bits per heavy atom. The molecule has 0 heterocycles. The lowest BCUT2D eigenvalue weighted by Gasteiger charge is -2.23. The highest BCUT2D eigenvalue weighted by molar-refractivity contribution is 5.83. The summed E-state index contributed by atoms with van der Waals surface area (Å²) in [5.41, 5.74) is 14.3. The van der Waals surface area contributed by atoms with Crippen molar-refractivity contribution >= 4 is 17.8 Å². The average Bonchev–Trinajstić information content (AvgIpc) is 3.45. The van der Waals surface area contributed by atoms with Crippen LogP contribution in [0.15, 0.2) is 0 Å². The van der Waals surface area contributed by atoms with E-state index in [0.717, 1.165) is 19.3 Å². The molecule has 0 unspecified atom stereocenters. The zero-order chi connectivity index (χ0) is 22.5. The van der Waals surface area contributed by atoms with Gasteiger partial charge in [-0.25, -0.2) is 5.01 Å². The lowest BCUT2D eigenvalue weighted by molar-refractivity contribution is -0.139. The molecule has 0 radical (unpaired) electrons. The van der Waals surface area contributed by atoms with Crippen molar-refractivity contribution in [2.45, 2.75) is 83.2 Å². The highest BCUT2D eigenvalue weighted by Crippen LogP contribution is 2.41. The van der Waals surface area contributed by atoms with Crippen molar-refractivity contribution in [1.82, 2.24) is 15.8 Å². The van der Waals surface area contributed by atoms with E-state index in [-0.39, 0.29) is 36.7 Å². The molecule has 0 aliphatic heterocycles. The fourth-order valence-electron chi connectivity index (χ4n) is 3.79. The van der Waals surface area contributed by atoms with E-state index in [1.165, 1.54) is 44.2 Å². The van der Waals surface area contributed by atoms with E-state index in [9.17, 15) is 14.4 Å². The van der Waals surface area contributed by atoms with Gasteiger partial charge in [-0.1, -0.05) is 51.9 Å². The van der Waals surface area contributed by atoms with Gasteiger partial charge in [0.1, 0.15) is 6.54 Å². The van der Waals surface area contributed by atoms with Crippen LogP contribution in [0.2, 0.25) is 0 Å². The summed E-state index contributed by atoms with van der Waals surface area (Å²) in [4.78, 5) is 35.6. The van der Waals surface area contributed by atoms with Gasteiger partial charge in [0.05, 0.1) is 6.04 Å². The van der Waals surface area contributed by atoms with Crippen molar-refractivity contribution in [2.75, 3.05) is 20.1 Å². The molecule has 2 amide bonds. The number of carbonyl (C=O) groups excluding carboxylic acids is 2. The predicted molar refractivity (Wildman–Crippen MR) is 116 cm³/mol. The molecule has 0 aromatic rings. The van der Waals surface area contributed by atoms with E-state index in [2.05, 4.69) is 17.7 Å². The minimum Gasteiger partial charge on any atom is -0.480 e. The van der Waals surface area contributed by atoms with Gasteiger partial charge in [0.2, 0.25) is 11.8 Å². The van der Waals surface area contributed by atoms with Crippen LogP contribution in [0.1, 0.15) is 71.1 Å². The van der Waals surface area contributed by atoms with Gasteiger partial charge in [-0.05, 0) is 31.2 Å². The van der Waals surface area contributed by atoms with E-state index < -0.39 is 12.0 Å². The van der Waals surface area contributed by atoms with Gasteiger partial charge in [0.15, 0.2) is 0 Å². The van der Waals surface area contributed by atoms with Crippen molar-refractivity contribution in [3.8, 4) is 0 Å². The number of hydrogen-bond acceptors (Lipinski definition) is 6. The van der Waals surface area contributed by atoms with Crippen LogP contribution >= 0.6 is 0 Å². The third-order valence-electron chi connectivity index (χ3n) is 5.67. The number of unbranched alkanes of at least 4 members (excludes halogenated alkanes) is 6. The largest absolute Gasteiger partial charge is 0.480 e. The smallest absolute Gasteiger partial charge is 0.319 e.